The molecule has 0 fully saturated rings. The average Bonchev–Trinajstić information content (AvgIpc) is 2.59. The number of thiazole rings is 1. The van der Waals surface area contributed by atoms with Gasteiger partial charge in [0.25, 0.3) is 0 Å². The molecule has 0 amide bonds. The Labute approximate surface area is 94.7 Å². The number of alkyl halides is 1. The fraction of sp³-hybridized carbons (Fsp3) is 0.700. The topological polar surface area (TPSA) is 24.9 Å². The Balaban J connectivity index is 2.31. The second-order valence-corrected chi connectivity index (χ2v) is 4.76. The van der Waals surface area contributed by atoms with Gasteiger partial charge in [-0.3, -0.25) is 0 Å². The van der Waals surface area contributed by atoms with Crippen LogP contribution in [0.2, 0.25) is 0 Å². The molecule has 1 N–H and O–H groups in total. The molecule has 1 unspecified atom stereocenters. The Morgan fingerprint density at radius 1 is 1.64 bits per heavy atom. The molecule has 0 spiro atoms. The van der Waals surface area contributed by atoms with E-state index in [0.29, 0.717) is 6.04 Å². The number of aromatic nitrogens is 1. The zero-order chi connectivity index (χ0) is 10.4. The van der Waals surface area contributed by atoms with Crippen molar-refractivity contribution in [2.45, 2.75) is 39.3 Å². The fourth-order valence-corrected chi connectivity index (χ4v) is 2.20. The first-order valence-electron chi connectivity index (χ1n) is 4.96. The number of hydrogen-bond acceptors (Lipinski definition) is 3. The van der Waals surface area contributed by atoms with Crippen molar-refractivity contribution in [2.24, 2.45) is 0 Å². The van der Waals surface area contributed by atoms with Gasteiger partial charge < -0.3 is 5.32 Å². The van der Waals surface area contributed by atoms with Gasteiger partial charge in [0, 0.05) is 23.8 Å². The molecule has 14 heavy (non-hydrogen) atoms. The first-order valence-corrected chi connectivity index (χ1v) is 6.38. The van der Waals surface area contributed by atoms with E-state index in [1.807, 2.05) is 6.92 Å². The minimum atomic E-state index is 0.523. The van der Waals surface area contributed by atoms with Crippen LogP contribution in [-0.4, -0.2) is 16.9 Å². The van der Waals surface area contributed by atoms with Crippen LogP contribution >= 0.6 is 22.9 Å². The Hall–Kier alpha value is -0.120. The summed E-state index contributed by atoms with van der Waals surface area (Å²) in [7, 11) is 0. The third-order valence-electron chi connectivity index (χ3n) is 2.19. The molecule has 1 rings (SSSR count). The van der Waals surface area contributed by atoms with E-state index in [1.54, 1.807) is 11.3 Å². The van der Waals surface area contributed by atoms with Gasteiger partial charge in [0.2, 0.25) is 0 Å². The van der Waals surface area contributed by atoms with Crippen LogP contribution in [-0.2, 0) is 6.54 Å². The van der Waals surface area contributed by atoms with E-state index in [2.05, 4.69) is 22.6 Å². The van der Waals surface area contributed by atoms with Crippen LogP contribution in [0.4, 0.5) is 0 Å². The van der Waals surface area contributed by atoms with E-state index in [1.165, 1.54) is 0 Å². The predicted octanol–water partition coefficient (Wildman–Crippen LogP) is 2.95. The van der Waals surface area contributed by atoms with Crippen LogP contribution in [0.25, 0.3) is 0 Å². The van der Waals surface area contributed by atoms with Crippen LogP contribution in [0.3, 0.4) is 0 Å². The summed E-state index contributed by atoms with van der Waals surface area (Å²) in [6.07, 6.45) is 2.15. The van der Waals surface area contributed by atoms with Gasteiger partial charge in [0.1, 0.15) is 0 Å². The molecule has 0 aliphatic carbocycles. The summed E-state index contributed by atoms with van der Waals surface area (Å²) >= 11 is 7.41. The predicted molar refractivity (Wildman–Crippen MR) is 63.1 cm³/mol. The molecule has 1 aromatic rings. The van der Waals surface area contributed by atoms with E-state index in [9.17, 15) is 0 Å². The van der Waals surface area contributed by atoms with E-state index in [4.69, 9.17) is 11.6 Å². The lowest BCUT2D eigenvalue weighted by Crippen LogP contribution is -2.28. The molecule has 0 aromatic carbocycles. The summed E-state index contributed by atoms with van der Waals surface area (Å²) in [6.45, 7) is 5.07. The molecule has 2 nitrogen and oxygen atoms in total. The van der Waals surface area contributed by atoms with Crippen LogP contribution in [0.1, 0.15) is 30.5 Å². The summed E-state index contributed by atoms with van der Waals surface area (Å²) in [5.74, 6) is 0.724. The largest absolute Gasteiger partial charge is 0.308 e. The van der Waals surface area contributed by atoms with Crippen molar-refractivity contribution in [3.05, 3.63) is 16.1 Å². The highest BCUT2D eigenvalue weighted by atomic mass is 35.5. The SMILES string of the molecule is CCC(CCCl)NCc1csc(C)n1. The molecule has 0 saturated heterocycles. The monoisotopic (exact) mass is 232 g/mol. The second kappa shape index (κ2) is 6.38. The Morgan fingerprint density at radius 3 is 2.93 bits per heavy atom. The molecular weight excluding hydrogens is 216 g/mol. The molecular formula is C10H17ClN2S. The molecule has 0 bridgehead atoms. The summed E-state index contributed by atoms with van der Waals surface area (Å²) in [5, 5.41) is 6.70. The minimum Gasteiger partial charge on any atom is -0.308 e. The van der Waals surface area contributed by atoms with Crippen molar-refractivity contribution < 1.29 is 0 Å². The van der Waals surface area contributed by atoms with E-state index < -0.39 is 0 Å². The third-order valence-corrected chi connectivity index (χ3v) is 3.23. The maximum absolute atomic E-state index is 5.71. The molecule has 1 heterocycles. The maximum Gasteiger partial charge on any atom is 0.0897 e. The highest BCUT2D eigenvalue weighted by Crippen LogP contribution is 2.08. The number of hydrogen-bond donors (Lipinski definition) is 1. The summed E-state index contributed by atoms with van der Waals surface area (Å²) < 4.78 is 0. The Kier molecular flexibility index (Phi) is 5.45. The van der Waals surface area contributed by atoms with Crippen LogP contribution in [0.5, 0.6) is 0 Å². The standard InChI is InChI=1S/C10H17ClN2S/c1-3-9(4-5-11)12-6-10-7-14-8(2)13-10/h7,9,12H,3-6H2,1-2H3. The smallest absolute Gasteiger partial charge is 0.0897 e. The molecule has 0 aliphatic rings. The number of nitrogens with zero attached hydrogens (tertiary/aromatic N) is 1. The van der Waals surface area contributed by atoms with Crippen molar-refractivity contribution in [3.63, 3.8) is 0 Å². The van der Waals surface area contributed by atoms with Gasteiger partial charge >= 0.3 is 0 Å². The molecule has 0 radical (unpaired) electrons. The summed E-state index contributed by atoms with van der Waals surface area (Å²) in [4.78, 5) is 4.40. The highest BCUT2D eigenvalue weighted by molar-refractivity contribution is 7.09. The van der Waals surface area contributed by atoms with E-state index >= 15 is 0 Å². The molecule has 1 aromatic heterocycles. The van der Waals surface area contributed by atoms with Crippen molar-refractivity contribution in [2.75, 3.05) is 5.88 Å². The molecule has 0 aliphatic heterocycles. The number of halogens is 1. The quantitative estimate of drug-likeness (QED) is 0.763. The lowest BCUT2D eigenvalue weighted by atomic mass is 10.2. The molecule has 80 valence electrons. The third kappa shape index (κ3) is 3.95. The van der Waals surface area contributed by atoms with Crippen molar-refractivity contribution in [1.82, 2.24) is 10.3 Å². The number of rotatable bonds is 6. The normalized spacial score (nSPS) is 13.1. The van der Waals surface area contributed by atoms with Crippen LogP contribution in [0.15, 0.2) is 5.38 Å². The second-order valence-electron chi connectivity index (χ2n) is 3.32. The van der Waals surface area contributed by atoms with Gasteiger partial charge in [-0.2, -0.15) is 0 Å². The molecule has 4 heteroatoms. The first kappa shape index (κ1) is 12.0. The molecule has 1 atom stereocenters. The van der Waals surface area contributed by atoms with Gasteiger partial charge in [0.15, 0.2) is 0 Å². The van der Waals surface area contributed by atoms with Crippen molar-refractivity contribution >= 4 is 22.9 Å². The minimum absolute atomic E-state index is 0.523. The lowest BCUT2D eigenvalue weighted by molar-refractivity contribution is 0.483. The summed E-state index contributed by atoms with van der Waals surface area (Å²) in [6, 6.07) is 0.523. The Morgan fingerprint density at radius 2 is 2.43 bits per heavy atom. The van der Waals surface area contributed by atoms with Crippen LogP contribution in [0, 0.1) is 6.92 Å². The van der Waals surface area contributed by atoms with Gasteiger partial charge in [-0.1, -0.05) is 6.92 Å². The van der Waals surface area contributed by atoms with E-state index in [0.717, 1.165) is 36.0 Å². The average molecular weight is 233 g/mol. The summed E-state index contributed by atoms with van der Waals surface area (Å²) in [5.41, 5.74) is 1.14. The number of aryl methyl sites for hydroxylation is 1. The molecule has 0 saturated carbocycles. The van der Waals surface area contributed by atoms with Gasteiger partial charge in [-0.25, -0.2) is 4.98 Å². The zero-order valence-corrected chi connectivity index (χ0v) is 10.3. The fourth-order valence-electron chi connectivity index (χ4n) is 1.32. The van der Waals surface area contributed by atoms with Gasteiger partial charge in [-0.05, 0) is 19.8 Å². The van der Waals surface area contributed by atoms with E-state index in [-0.39, 0.29) is 0 Å². The zero-order valence-electron chi connectivity index (χ0n) is 8.72. The van der Waals surface area contributed by atoms with Crippen molar-refractivity contribution in [3.8, 4) is 0 Å². The first-order chi connectivity index (χ1) is 6.76. The highest BCUT2D eigenvalue weighted by Gasteiger charge is 2.05. The van der Waals surface area contributed by atoms with Crippen molar-refractivity contribution in [1.29, 1.82) is 0 Å². The Bertz CT molecular complexity index is 262. The van der Waals surface area contributed by atoms with Gasteiger partial charge in [-0.15, -0.1) is 22.9 Å². The van der Waals surface area contributed by atoms with Crippen LogP contribution < -0.4 is 5.32 Å². The van der Waals surface area contributed by atoms with Gasteiger partial charge in [0.05, 0.1) is 10.7 Å². The maximum atomic E-state index is 5.71. The number of nitrogens with one attached hydrogen (secondary N) is 1. The lowest BCUT2D eigenvalue weighted by Gasteiger charge is -2.14.